The van der Waals surface area contributed by atoms with E-state index in [0.717, 1.165) is 22.3 Å². The van der Waals surface area contributed by atoms with Gasteiger partial charge in [0.25, 0.3) is 5.91 Å². The number of hydrogen-bond acceptors (Lipinski definition) is 6. The summed E-state index contributed by atoms with van der Waals surface area (Å²) in [6.45, 7) is 0.534. The lowest BCUT2D eigenvalue weighted by Crippen LogP contribution is -2.12. The molecule has 1 amide bonds. The molecule has 2 N–H and O–H groups in total. The number of nitrogens with one attached hydrogen (secondary N) is 2. The van der Waals surface area contributed by atoms with Crippen LogP contribution in [0.2, 0.25) is 0 Å². The molecule has 9 heteroatoms. The first kappa shape index (κ1) is 18.1. The van der Waals surface area contributed by atoms with Gasteiger partial charge < -0.3 is 10.6 Å². The van der Waals surface area contributed by atoms with Crippen LogP contribution in [0.1, 0.15) is 15.9 Å². The molecule has 3 aromatic heterocycles. The maximum atomic E-state index is 12.3. The summed E-state index contributed by atoms with van der Waals surface area (Å²) in [6, 6.07) is 11.0. The van der Waals surface area contributed by atoms with Gasteiger partial charge in [-0.2, -0.15) is 5.10 Å². The third-order valence-electron chi connectivity index (χ3n) is 4.17. The summed E-state index contributed by atoms with van der Waals surface area (Å²) >= 11 is 3.45. The van der Waals surface area contributed by atoms with Crippen molar-refractivity contribution < 1.29 is 4.79 Å². The average Bonchev–Trinajstić information content (AvgIpc) is 3.02. The Hall–Kier alpha value is -3.33. The first-order chi connectivity index (χ1) is 13.6. The second-order valence-corrected chi connectivity index (χ2v) is 6.83. The van der Waals surface area contributed by atoms with Crippen molar-refractivity contribution in [3.8, 4) is 0 Å². The highest BCUT2D eigenvalue weighted by Gasteiger charge is 2.13. The zero-order chi connectivity index (χ0) is 19.5. The first-order valence-electron chi connectivity index (χ1n) is 8.49. The monoisotopic (exact) mass is 437 g/mol. The van der Waals surface area contributed by atoms with Crippen LogP contribution < -0.4 is 10.6 Å². The fourth-order valence-corrected chi connectivity index (χ4v) is 3.43. The molecule has 0 aliphatic carbocycles. The van der Waals surface area contributed by atoms with Crippen molar-refractivity contribution in [2.24, 2.45) is 7.05 Å². The molecule has 0 unspecified atom stereocenters. The molecule has 3 heterocycles. The van der Waals surface area contributed by atoms with E-state index in [1.807, 2.05) is 31.3 Å². The van der Waals surface area contributed by atoms with Crippen LogP contribution in [0.15, 0.2) is 59.7 Å². The minimum atomic E-state index is -0.177. The fourth-order valence-electron chi connectivity index (χ4n) is 2.83. The number of aromatic nitrogens is 5. The number of aryl methyl sites for hydroxylation is 1. The highest BCUT2D eigenvalue weighted by molar-refractivity contribution is 9.10. The van der Waals surface area contributed by atoms with Gasteiger partial charge in [-0.3, -0.25) is 9.78 Å². The number of carbonyl (C=O) groups is 1. The van der Waals surface area contributed by atoms with Gasteiger partial charge in [0.05, 0.1) is 5.39 Å². The Kier molecular flexibility index (Phi) is 4.98. The highest BCUT2D eigenvalue weighted by Crippen LogP contribution is 2.27. The lowest BCUT2D eigenvalue weighted by molar-refractivity contribution is 0.102. The SMILES string of the molecule is Cn1nc(Br)c2c(NCc3cccc(NC(=O)c4ccncc4)c3)ncnc21. The van der Waals surface area contributed by atoms with E-state index >= 15 is 0 Å². The second-order valence-electron chi connectivity index (χ2n) is 6.08. The van der Waals surface area contributed by atoms with Crippen LogP contribution in [0.5, 0.6) is 0 Å². The zero-order valence-corrected chi connectivity index (χ0v) is 16.5. The fraction of sp³-hybridized carbons (Fsp3) is 0.105. The van der Waals surface area contributed by atoms with E-state index in [9.17, 15) is 4.79 Å². The van der Waals surface area contributed by atoms with Crippen molar-refractivity contribution >= 4 is 44.4 Å². The number of halogens is 1. The van der Waals surface area contributed by atoms with Gasteiger partial charge in [-0.25, -0.2) is 14.6 Å². The lowest BCUT2D eigenvalue weighted by Gasteiger charge is -2.09. The molecule has 0 radical (unpaired) electrons. The van der Waals surface area contributed by atoms with Crippen LogP contribution >= 0.6 is 15.9 Å². The molecule has 0 spiro atoms. The highest BCUT2D eigenvalue weighted by atomic mass is 79.9. The molecule has 0 bridgehead atoms. The normalized spacial score (nSPS) is 10.8. The molecule has 28 heavy (non-hydrogen) atoms. The van der Waals surface area contributed by atoms with E-state index in [1.54, 1.807) is 29.2 Å². The van der Waals surface area contributed by atoms with Gasteiger partial charge in [-0.05, 0) is 45.8 Å². The van der Waals surface area contributed by atoms with Crippen molar-refractivity contribution in [3.05, 3.63) is 70.8 Å². The molecule has 0 saturated heterocycles. The van der Waals surface area contributed by atoms with Gasteiger partial charge in [0, 0.05) is 37.2 Å². The number of benzene rings is 1. The first-order valence-corrected chi connectivity index (χ1v) is 9.28. The van der Waals surface area contributed by atoms with E-state index in [1.165, 1.54) is 6.33 Å². The van der Waals surface area contributed by atoms with Crippen LogP contribution in [-0.4, -0.2) is 30.6 Å². The Morgan fingerprint density at radius 1 is 1.18 bits per heavy atom. The summed E-state index contributed by atoms with van der Waals surface area (Å²) in [5.41, 5.74) is 3.02. The van der Waals surface area contributed by atoms with Gasteiger partial charge in [0.1, 0.15) is 16.7 Å². The number of hydrogen-bond donors (Lipinski definition) is 2. The number of nitrogens with zero attached hydrogens (tertiary/aromatic N) is 5. The van der Waals surface area contributed by atoms with Gasteiger partial charge in [0.2, 0.25) is 0 Å². The number of carbonyl (C=O) groups excluding carboxylic acids is 1. The smallest absolute Gasteiger partial charge is 0.255 e. The molecular weight excluding hydrogens is 422 g/mol. The van der Waals surface area contributed by atoms with Crippen LogP contribution in [0.3, 0.4) is 0 Å². The van der Waals surface area contributed by atoms with Crippen molar-refractivity contribution in [2.45, 2.75) is 6.54 Å². The number of amides is 1. The van der Waals surface area contributed by atoms with Crippen LogP contribution in [0.4, 0.5) is 11.5 Å². The second kappa shape index (κ2) is 7.73. The molecule has 0 aliphatic heterocycles. The third-order valence-corrected chi connectivity index (χ3v) is 4.72. The molecule has 0 fully saturated rings. The minimum Gasteiger partial charge on any atom is -0.365 e. The van der Waals surface area contributed by atoms with E-state index < -0.39 is 0 Å². The molecule has 4 rings (SSSR count). The molecule has 0 saturated carbocycles. The van der Waals surface area contributed by atoms with Crippen molar-refractivity contribution in [3.63, 3.8) is 0 Å². The molecule has 140 valence electrons. The predicted octanol–water partition coefficient (Wildman–Crippen LogP) is 3.39. The number of fused-ring (bicyclic) bond motifs is 1. The summed E-state index contributed by atoms with van der Waals surface area (Å²) in [5, 5.41) is 11.4. The quantitative estimate of drug-likeness (QED) is 0.496. The van der Waals surface area contributed by atoms with Crippen molar-refractivity contribution in [1.29, 1.82) is 0 Å². The number of anilines is 2. The number of pyridine rings is 1. The van der Waals surface area contributed by atoms with Crippen molar-refractivity contribution in [1.82, 2.24) is 24.7 Å². The Morgan fingerprint density at radius 2 is 2.00 bits per heavy atom. The van der Waals surface area contributed by atoms with Crippen LogP contribution in [0.25, 0.3) is 11.0 Å². The Balaban J connectivity index is 1.49. The summed E-state index contributed by atoms with van der Waals surface area (Å²) in [7, 11) is 1.83. The van der Waals surface area contributed by atoms with E-state index in [2.05, 4.69) is 46.6 Å². The summed E-state index contributed by atoms with van der Waals surface area (Å²) in [5.74, 6) is 0.514. The van der Waals surface area contributed by atoms with Crippen LogP contribution in [-0.2, 0) is 13.6 Å². The molecule has 8 nitrogen and oxygen atoms in total. The van der Waals surface area contributed by atoms with Gasteiger partial charge in [-0.1, -0.05) is 12.1 Å². The third kappa shape index (κ3) is 3.70. The standard InChI is InChI=1S/C19H16BrN7O/c1-27-18-15(16(20)26-27)17(23-11-24-18)22-10-12-3-2-4-14(9-12)25-19(28)13-5-7-21-8-6-13/h2-9,11H,10H2,1H3,(H,25,28)(H,22,23,24). The maximum absolute atomic E-state index is 12.3. The van der Waals surface area contributed by atoms with E-state index in [0.29, 0.717) is 22.5 Å². The molecule has 4 aromatic rings. The lowest BCUT2D eigenvalue weighted by atomic mass is 10.2. The summed E-state index contributed by atoms with van der Waals surface area (Å²) in [6.07, 6.45) is 4.69. The predicted molar refractivity (Wildman–Crippen MR) is 110 cm³/mol. The van der Waals surface area contributed by atoms with Crippen LogP contribution in [0, 0.1) is 0 Å². The largest absolute Gasteiger partial charge is 0.365 e. The van der Waals surface area contributed by atoms with Gasteiger partial charge in [0.15, 0.2) is 5.65 Å². The molecule has 1 aromatic carbocycles. The molecular formula is C19H16BrN7O. The maximum Gasteiger partial charge on any atom is 0.255 e. The molecule has 0 atom stereocenters. The minimum absolute atomic E-state index is 0.177. The van der Waals surface area contributed by atoms with E-state index in [4.69, 9.17) is 0 Å². The average molecular weight is 438 g/mol. The summed E-state index contributed by atoms with van der Waals surface area (Å²) < 4.78 is 2.38. The zero-order valence-electron chi connectivity index (χ0n) is 14.9. The molecule has 0 aliphatic rings. The Bertz CT molecular complexity index is 1140. The van der Waals surface area contributed by atoms with Gasteiger partial charge >= 0.3 is 0 Å². The summed E-state index contributed by atoms with van der Waals surface area (Å²) in [4.78, 5) is 24.8. The van der Waals surface area contributed by atoms with Gasteiger partial charge in [-0.15, -0.1) is 0 Å². The Labute approximate surface area is 169 Å². The topological polar surface area (TPSA) is 97.6 Å². The van der Waals surface area contributed by atoms with E-state index in [-0.39, 0.29) is 5.91 Å². The number of rotatable bonds is 5. The van der Waals surface area contributed by atoms with Crippen molar-refractivity contribution in [2.75, 3.05) is 10.6 Å². The Morgan fingerprint density at radius 3 is 2.82 bits per heavy atom.